The minimum atomic E-state index is -0.445. The summed E-state index contributed by atoms with van der Waals surface area (Å²) in [4.78, 5) is 19.7. The molecule has 0 aliphatic heterocycles. The molecule has 0 amide bonds. The lowest BCUT2D eigenvalue weighted by atomic mass is 10.0. The maximum atomic E-state index is 11.0. The Kier molecular flexibility index (Phi) is 5.10. The summed E-state index contributed by atoms with van der Waals surface area (Å²) in [5, 5.41) is 22.7. The molecule has 146 valence electrons. The molecule has 0 radical (unpaired) electrons. The molecular weight excluding hydrogens is 504 g/mol. The number of nitrogens with zero attached hydrogens (tertiary/aromatic N) is 4. The van der Waals surface area contributed by atoms with Gasteiger partial charge in [-0.15, -0.1) is 0 Å². The number of aliphatic imine (C=N–C) groups is 1. The molecule has 4 rings (SSSR count). The van der Waals surface area contributed by atoms with E-state index in [9.17, 15) is 15.2 Å². The van der Waals surface area contributed by atoms with Crippen molar-refractivity contribution in [2.45, 2.75) is 13.5 Å². The van der Waals surface area contributed by atoms with Crippen LogP contribution >= 0.6 is 31.9 Å². The monoisotopic (exact) mass is 516 g/mol. The van der Waals surface area contributed by atoms with Crippen LogP contribution < -0.4 is 0 Å². The van der Waals surface area contributed by atoms with Crippen LogP contribution in [0.3, 0.4) is 0 Å². The van der Waals surface area contributed by atoms with E-state index in [2.05, 4.69) is 41.8 Å². The summed E-state index contributed by atoms with van der Waals surface area (Å²) in [6.45, 7) is 2.68. The van der Waals surface area contributed by atoms with Crippen molar-refractivity contribution in [1.82, 2.24) is 9.55 Å². The van der Waals surface area contributed by atoms with Gasteiger partial charge in [0.05, 0.1) is 16.0 Å². The Morgan fingerprint density at radius 2 is 1.97 bits per heavy atom. The molecule has 0 bridgehead atoms. The lowest BCUT2D eigenvalue weighted by Gasteiger charge is -2.06. The van der Waals surface area contributed by atoms with Gasteiger partial charge in [0.1, 0.15) is 5.75 Å². The SMILES string of the molecule is CCn1c(/N=C/c2c(O)ccc3cc([N+](=O)[O-])ccc23)nc2cc(Br)c(Br)cc21. The molecule has 1 N–H and O–H groups in total. The molecule has 0 saturated heterocycles. The summed E-state index contributed by atoms with van der Waals surface area (Å²) in [6.07, 6.45) is 1.54. The Bertz CT molecular complexity index is 1310. The highest BCUT2D eigenvalue weighted by Crippen LogP contribution is 2.32. The molecule has 0 aliphatic rings. The zero-order valence-electron chi connectivity index (χ0n) is 15.1. The number of phenolic OH excluding ortho intramolecular Hbond substituents is 1. The van der Waals surface area contributed by atoms with Crippen molar-refractivity contribution in [3.05, 3.63) is 67.1 Å². The molecule has 1 heterocycles. The predicted octanol–water partition coefficient (Wildman–Crippen LogP) is 6.10. The van der Waals surface area contributed by atoms with Gasteiger partial charge in [0.25, 0.3) is 5.69 Å². The first-order valence-corrected chi connectivity index (χ1v) is 10.3. The molecule has 0 atom stereocenters. The number of aromatic hydroxyl groups is 1. The van der Waals surface area contributed by atoms with Crippen molar-refractivity contribution in [3.8, 4) is 5.75 Å². The molecule has 0 unspecified atom stereocenters. The summed E-state index contributed by atoms with van der Waals surface area (Å²) in [6, 6.07) is 11.5. The van der Waals surface area contributed by atoms with E-state index in [1.54, 1.807) is 18.3 Å². The van der Waals surface area contributed by atoms with Gasteiger partial charge in [0.2, 0.25) is 5.95 Å². The number of aryl methyl sites for hydroxylation is 1. The number of imidazole rings is 1. The summed E-state index contributed by atoms with van der Waals surface area (Å²) in [5.74, 6) is 0.547. The van der Waals surface area contributed by atoms with E-state index >= 15 is 0 Å². The van der Waals surface area contributed by atoms with Gasteiger partial charge in [0, 0.05) is 39.4 Å². The topological polar surface area (TPSA) is 93.5 Å². The lowest BCUT2D eigenvalue weighted by Crippen LogP contribution is -1.94. The first-order valence-electron chi connectivity index (χ1n) is 8.68. The Hall–Kier alpha value is -2.78. The molecule has 0 spiro atoms. The Morgan fingerprint density at radius 3 is 2.69 bits per heavy atom. The number of nitro benzene ring substituents is 1. The summed E-state index contributed by atoms with van der Waals surface area (Å²) < 4.78 is 3.79. The highest BCUT2D eigenvalue weighted by Gasteiger charge is 2.13. The Balaban J connectivity index is 1.84. The third-order valence-corrected chi connectivity index (χ3v) is 6.47. The van der Waals surface area contributed by atoms with Gasteiger partial charge in [0.15, 0.2) is 0 Å². The second kappa shape index (κ2) is 7.57. The van der Waals surface area contributed by atoms with Gasteiger partial charge in [-0.1, -0.05) is 6.07 Å². The van der Waals surface area contributed by atoms with E-state index in [1.807, 2.05) is 23.6 Å². The number of hydrogen-bond donors (Lipinski definition) is 1. The molecule has 0 saturated carbocycles. The first-order chi connectivity index (χ1) is 13.9. The number of fused-ring (bicyclic) bond motifs is 2. The third kappa shape index (κ3) is 3.51. The molecule has 1 aromatic heterocycles. The fourth-order valence-corrected chi connectivity index (χ4v) is 3.88. The molecule has 4 aromatic rings. The van der Waals surface area contributed by atoms with Crippen LogP contribution in [0.15, 0.2) is 56.4 Å². The van der Waals surface area contributed by atoms with E-state index in [1.165, 1.54) is 18.2 Å². The number of nitro groups is 1. The van der Waals surface area contributed by atoms with Crippen molar-refractivity contribution in [1.29, 1.82) is 0 Å². The average Bonchev–Trinajstić information content (AvgIpc) is 3.03. The number of phenols is 1. The second-order valence-corrected chi connectivity index (χ2v) is 8.04. The zero-order valence-corrected chi connectivity index (χ0v) is 18.3. The van der Waals surface area contributed by atoms with Crippen LogP contribution in [0.1, 0.15) is 12.5 Å². The number of halogens is 2. The summed E-state index contributed by atoms with van der Waals surface area (Å²) >= 11 is 6.99. The summed E-state index contributed by atoms with van der Waals surface area (Å²) in [7, 11) is 0. The fourth-order valence-electron chi connectivity index (χ4n) is 3.22. The van der Waals surface area contributed by atoms with Crippen molar-refractivity contribution in [2.24, 2.45) is 4.99 Å². The van der Waals surface area contributed by atoms with Crippen LogP contribution in [0.25, 0.3) is 21.8 Å². The van der Waals surface area contributed by atoms with Gasteiger partial charge in [-0.2, -0.15) is 0 Å². The number of aromatic nitrogens is 2. The molecule has 3 aromatic carbocycles. The largest absolute Gasteiger partial charge is 0.507 e. The van der Waals surface area contributed by atoms with Crippen molar-refractivity contribution < 1.29 is 10.0 Å². The lowest BCUT2D eigenvalue weighted by molar-refractivity contribution is -0.384. The Labute approximate surface area is 182 Å². The molecule has 9 heteroatoms. The van der Waals surface area contributed by atoms with Crippen molar-refractivity contribution in [3.63, 3.8) is 0 Å². The van der Waals surface area contributed by atoms with Crippen molar-refractivity contribution >= 4 is 71.5 Å². The van der Waals surface area contributed by atoms with Gasteiger partial charge in [-0.3, -0.25) is 10.1 Å². The highest BCUT2D eigenvalue weighted by molar-refractivity contribution is 9.13. The minimum Gasteiger partial charge on any atom is -0.507 e. The van der Waals surface area contributed by atoms with Gasteiger partial charge >= 0.3 is 0 Å². The number of rotatable bonds is 4. The van der Waals surface area contributed by atoms with Crippen molar-refractivity contribution in [2.75, 3.05) is 0 Å². The smallest absolute Gasteiger partial charge is 0.270 e. The average molecular weight is 518 g/mol. The quantitative estimate of drug-likeness (QED) is 0.201. The van der Waals surface area contributed by atoms with Crippen LogP contribution in [0.5, 0.6) is 5.75 Å². The summed E-state index contributed by atoms with van der Waals surface area (Å²) in [5.41, 5.74) is 2.21. The van der Waals surface area contributed by atoms with Crippen LogP contribution in [-0.4, -0.2) is 25.8 Å². The van der Waals surface area contributed by atoms with Crippen LogP contribution in [0.4, 0.5) is 11.6 Å². The first kappa shape index (κ1) is 19.5. The van der Waals surface area contributed by atoms with Gasteiger partial charge in [-0.25, -0.2) is 9.98 Å². The third-order valence-electron chi connectivity index (χ3n) is 4.63. The molecule has 7 nitrogen and oxygen atoms in total. The standard InChI is InChI=1S/C20H14Br2N4O3/c1-2-25-18-9-16(22)15(21)8-17(18)24-20(25)23-10-14-13-5-4-12(26(28)29)7-11(13)3-6-19(14)27/h3-10,27H,2H2,1H3/b23-10+. The normalized spacial score (nSPS) is 11.7. The molecule has 0 fully saturated rings. The van der Waals surface area contributed by atoms with Crippen LogP contribution in [0, 0.1) is 10.1 Å². The van der Waals surface area contributed by atoms with E-state index in [0.717, 1.165) is 20.0 Å². The molecule has 29 heavy (non-hydrogen) atoms. The van der Waals surface area contributed by atoms with E-state index < -0.39 is 4.92 Å². The van der Waals surface area contributed by atoms with E-state index in [-0.39, 0.29) is 11.4 Å². The maximum Gasteiger partial charge on any atom is 0.270 e. The number of non-ortho nitro benzene ring substituents is 1. The molecular formula is C20H14Br2N4O3. The maximum absolute atomic E-state index is 11.0. The minimum absolute atomic E-state index is 0.00462. The Morgan fingerprint density at radius 1 is 1.21 bits per heavy atom. The zero-order chi connectivity index (χ0) is 20.7. The number of benzene rings is 3. The molecule has 0 aliphatic carbocycles. The van der Waals surface area contributed by atoms with Gasteiger partial charge in [-0.05, 0) is 73.8 Å². The fraction of sp³-hybridized carbons (Fsp3) is 0.100. The number of hydrogen-bond acceptors (Lipinski definition) is 5. The van der Waals surface area contributed by atoms with E-state index in [4.69, 9.17) is 0 Å². The second-order valence-electron chi connectivity index (χ2n) is 6.33. The highest BCUT2D eigenvalue weighted by atomic mass is 79.9. The predicted molar refractivity (Wildman–Crippen MR) is 120 cm³/mol. The van der Waals surface area contributed by atoms with Crippen LogP contribution in [-0.2, 0) is 6.54 Å². The van der Waals surface area contributed by atoms with Crippen LogP contribution in [0.2, 0.25) is 0 Å². The van der Waals surface area contributed by atoms with E-state index in [0.29, 0.717) is 28.8 Å². The van der Waals surface area contributed by atoms with Gasteiger partial charge < -0.3 is 9.67 Å².